The van der Waals surface area contributed by atoms with Gasteiger partial charge in [-0.25, -0.2) is 13.1 Å². The van der Waals surface area contributed by atoms with E-state index >= 15 is 0 Å². The molecule has 0 saturated carbocycles. The average Bonchev–Trinajstić information content (AvgIpc) is 2.80. The Kier molecular flexibility index (Phi) is 4.83. The van der Waals surface area contributed by atoms with E-state index in [0.29, 0.717) is 4.88 Å². The lowest BCUT2D eigenvalue weighted by Gasteiger charge is -2.16. The number of aliphatic hydroxyl groups is 1. The smallest absolute Gasteiger partial charge is 0.250 e. The first-order valence-corrected chi connectivity index (χ1v) is 8.93. The molecule has 2 aromatic rings. The molecule has 0 aliphatic rings. The molecule has 1 unspecified atom stereocenters. The largest absolute Gasteiger partial charge is 0.391 e. The molecule has 0 aliphatic heterocycles. The molecule has 0 aliphatic carbocycles. The maximum absolute atomic E-state index is 12.4. The molecule has 0 amide bonds. The molecule has 0 spiro atoms. The highest BCUT2D eigenvalue weighted by Gasteiger charge is 2.22. The van der Waals surface area contributed by atoms with Gasteiger partial charge in [0, 0.05) is 10.9 Å². The van der Waals surface area contributed by atoms with Gasteiger partial charge in [-0.3, -0.25) is 0 Å². The minimum Gasteiger partial charge on any atom is -0.391 e. The number of benzene rings is 1. The van der Waals surface area contributed by atoms with Gasteiger partial charge in [-0.15, -0.1) is 11.3 Å². The SMILES string of the molecule is Cc1ccccc1C(C)NS(=O)(=O)c1cc(C)c(CO)s1. The molecule has 1 heterocycles. The van der Waals surface area contributed by atoms with Crippen molar-refractivity contribution in [1.29, 1.82) is 0 Å². The molecule has 0 radical (unpaired) electrons. The number of thiophene rings is 1. The standard InChI is InChI=1S/C15H19NO3S2/c1-10-6-4-5-7-13(10)12(3)16-21(18,19)15-8-11(2)14(9-17)20-15/h4-8,12,16-17H,9H2,1-3H3. The highest BCUT2D eigenvalue weighted by Crippen LogP contribution is 2.27. The van der Waals surface area contributed by atoms with Crippen LogP contribution in [-0.2, 0) is 16.6 Å². The fourth-order valence-corrected chi connectivity index (χ4v) is 4.89. The summed E-state index contributed by atoms with van der Waals surface area (Å²) in [6, 6.07) is 8.99. The highest BCUT2D eigenvalue weighted by atomic mass is 32.2. The van der Waals surface area contributed by atoms with Crippen molar-refractivity contribution in [2.45, 2.75) is 37.6 Å². The second-order valence-electron chi connectivity index (χ2n) is 5.03. The summed E-state index contributed by atoms with van der Waals surface area (Å²) in [5.41, 5.74) is 2.80. The molecule has 2 rings (SSSR count). The van der Waals surface area contributed by atoms with Crippen LogP contribution in [0.25, 0.3) is 0 Å². The Bertz CT molecular complexity index is 735. The van der Waals surface area contributed by atoms with Crippen LogP contribution in [0.3, 0.4) is 0 Å². The summed E-state index contributed by atoms with van der Waals surface area (Å²) in [5.74, 6) is 0. The van der Waals surface area contributed by atoms with Crippen molar-refractivity contribution in [3.8, 4) is 0 Å². The fraction of sp³-hybridized carbons (Fsp3) is 0.333. The summed E-state index contributed by atoms with van der Waals surface area (Å²) in [6.45, 7) is 5.44. The first-order chi connectivity index (χ1) is 9.85. The first-order valence-electron chi connectivity index (χ1n) is 6.63. The Morgan fingerprint density at radius 3 is 2.48 bits per heavy atom. The van der Waals surface area contributed by atoms with Gasteiger partial charge in [0.05, 0.1) is 6.61 Å². The minimum atomic E-state index is -3.58. The fourth-order valence-electron chi connectivity index (χ4n) is 2.20. The summed E-state index contributed by atoms with van der Waals surface area (Å²) in [6.07, 6.45) is 0. The predicted octanol–water partition coefficient (Wildman–Crippen LogP) is 2.90. The van der Waals surface area contributed by atoms with E-state index in [-0.39, 0.29) is 16.9 Å². The molecule has 114 valence electrons. The van der Waals surface area contributed by atoms with Crippen molar-refractivity contribution in [1.82, 2.24) is 4.72 Å². The molecule has 1 aromatic carbocycles. The minimum absolute atomic E-state index is 0.140. The number of aliphatic hydroxyl groups excluding tert-OH is 1. The van der Waals surface area contributed by atoms with E-state index in [4.69, 9.17) is 0 Å². The summed E-state index contributed by atoms with van der Waals surface area (Å²) in [7, 11) is -3.58. The molecular formula is C15H19NO3S2. The average molecular weight is 325 g/mol. The topological polar surface area (TPSA) is 66.4 Å². The molecule has 1 aromatic heterocycles. The normalized spacial score (nSPS) is 13.3. The van der Waals surface area contributed by atoms with Crippen molar-refractivity contribution in [3.05, 3.63) is 51.9 Å². The molecule has 0 saturated heterocycles. The van der Waals surface area contributed by atoms with E-state index in [1.54, 1.807) is 13.0 Å². The second kappa shape index (κ2) is 6.27. The third-order valence-electron chi connectivity index (χ3n) is 3.39. The zero-order valence-electron chi connectivity index (χ0n) is 12.3. The summed E-state index contributed by atoms with van der Waals surface area (Å²) >= 11 is 1.11. The van der Waals surface area contributed by atoms with Crippen LogP contribution in [0.15, 0.2) is 34.5 Å². The van der Waals surface area contributed by atoms with Crippen LogP contribution in [0.1, 0.15) is 34.5 Å². The van der Waals surface area contributed by atoms with Gasteiger partial charge in [0.25, 0.3) is 10.0 Å². The number of aryl methyl sites for hydroxylation is 2. The van der Waals surface area contributed by atoms with Gasteiger partial charge in [0.15, 0.2) is 0 Å². The molecule has 6 heteroatoms. The maximum Gasteiger partial charge on any atom is 0.250 e. The first kappa shape index (κ1) is 16.2. The lowest BCUT2D eigenvalue weighted by molar-refractivity contribution is 0.285. The number of hydrogen-bond donors (Lipinski definition) is 2. The van der Waals surface area contributed by atoms with E-state index in [2.05, 4.69) is 4.72 Å². The quantitative estimate of drug-likeness (QED) is 0.888. The third kappa shape index (κ3) is 3.52. The van der Waals surface area contributed by atoms with E-state index in [9.17, 15) is 13.5 Å². The van der Waals surface area contributed by atoms with Crippen LogP contribution in [0.2, 0.25) is 0 Å². The summed E-state index contributed by atoms with van der Waals surface area (Å²) < 4.78 is 27.8. The lowest BCUT2D eigenvalue weighted by atomic mass is 10.0. The number of sulfonamides is 1. The van der Waals surface area contributed by atoms with Gasteiger partial charge in [-0.2, -0.15) is 0 Å². The monoisotopic (exact) mass is 325 g/mol. The van der Waals surface area contributed by atoms with Crippen molar-refractivity contribution >= 4 is 21.4 Å². The van der Waals surface area contributed by atoms with Gasteiger partial charge in [0.1, 0.15) is 4.21 Å². The molecule has 0 fully saturated rings. The van der Waals surface area contributed by atoms with Gasteiger partial charge in [-0.1, -0.05) is 24.3 Å². The van der Waals surface area contributed by atoms with Gasteiger partial charge < -0.3 is 5.11 Å². The Hall–Kier alpha value is -1.21. The third-order valence-corrected chi connectivity index (χ3v) is 6.63. The number of rotatable bonds is 5. The van der Waals surface area contributed by atoms with E-state index < -0.39 is 10.0 Å². The molecule has 1 atom stereocenters. The van der Waals surface area contributed by atoms with Crippen LogP contribution in [0.5, 0.6) is 0 Å². The number of hydrogen-bond acceptors (Lipinski definition) is 4. The van der Waals surface area contributed by atoms with E-state index in [1.807, 2.05) is 38.1 Å². The molecule has 2 N–H and O–H groups in total. The van der Waals surface area contributed by atoms with Gasteiger partial charge in [-0.05, 0) is 43.5 Å². The Balaban J connectivity index is 2.27. The Labute approximate surface area is 129 Å². The maximum atomic E-state index is 12.4. The zero-order chi connectivity index (χ0) is 15.6. The van der Waals surface area contributed by atoms with Crippen molar-refractivity contribution in [3.63, 3.8) is 0 Å². The van der Waals surface area contributed by atoms with Crippen LogP contribution in [-0.4, -0.2) is 13.5 Å². The van der Waals surface area contributed by atoms with E-state index in [1.165, 1.54) is 0 Å². The van der Waals surface area contributed by atoms with Crippen LogP contribution in [0, 0.1) is 13.8 Å². The molecule has 4 nitrogen and oxygen atoms in total. The summed E-state index contributed by atoms with van der Waals surface area (Å²) in [4.78, 5) is 0.680. The number of nitrogens with one attached hydrogen (secondary N) is 1. The van der Waals surface area contributed by atoms with Gasteiger partial charge in [0.2, 0.25) is 0 Å². The highest BCUT2D eigenvalue weighted by molar-refractivity contribution is 7.91. The molecule has 21 heavy (non-hydrogen) atoms. The second-order valence-corrected chi connectivity index (χ2v) is 8.11. The Morgan fingerprint density at radius 1 is 1.24 bits per heavy atom. The molecular weight excluding hydrogens is 306 g/mol. The van der Waals surface area contributed by atoms with E-state index in [0.717, 1.165) is 28.0 Å². The summed E-state index contributed by atoms with van der Waals surface area (Å²) in [5, 5.41) is 9.19. The van der Waals surface area contributed by atoms with Crippen molar-refractivity contribution in [2.24, 2.45) is 0 Å². The zero-order valence-corrected chi connectivity index (χ0v) is 13.9. The van der Waals surface area contributed by atoms with Crippen LogP contribution < -0.4 is 4.72 Å². The van der Waals surface area contributed by atoms with Crippen molar-refractivity contribution < 1.29 is 13.5 Å². The van der Waals surface area contributed by atoms with Crippen molar-refractivity contribution in [2.75, 3.05) is 0 Å². The predicted molar refractivity (Wildman–Crippen MR) is 84.9 cm³/mol. The van der Waals surface area contributed by atoms with Gasteiger partial charge >= 0.3 is 0 Å². The van der Waals surface area contributed by atoms with Crippen LogP contribution in [0.4, 0.5) is 0 Å². The Morgan fingerprint density at radius 2 is 1.90 bits per heavy atom. The lowest BCUT2D eigenvalue weighted by Crippen LogP contribution is -2.26. The molecule has 0 bridgehead atoms. The van der Waals surface area contributed by atoms with Crippen LogP contribution >= 0.6 is 11.3 Å².